The zero-order valence-corrected chi connectivity index (χ0v) is 18.7. The van der Waals surface area contributed by atoms with Crippen LogP contribution >= 0.6 is 0 Å². The highest BCUT2D eigenvalue weighted by molar-refractivity contribution is 5.96. The van der Waals surface area contributed by atoms with Crippen LogP contribution in [0.1, 0.15) is 12.8 Å². The number of anilines is 1. The number of hydrogen-bond donors (Lipinski definition) is 1. The Morgan fingerprint density at radius 2 is 1.82 bits per heavy atom. The topological polar surface area (TPSA) is 78.3 Å². The molecule has 6 nitrogen and oxygen atoms in total. The first-order valence-corrected chi connectivity index (χ1v) is 11.1. The fraction of sp³-hybridized carbons (Fsp3) is 0.222. The van der Waals surface area contributed by atoms with Crippen LogP contribution in [-0.2, 0) is 4.79 Å². The van der Waals surface area contributed by atoms with Crippen molar-refractivity contribution in [2.45, 2.75) is 12.8 Å². The summed E-state index contributed by atoms with van der Waals surface area (Å²) in [5, 5.41) is 12.2. The van der Waals surface area contributed by atoms with E-state index >= 15 is 0 Å². The number of piperidine rings is 1. The molecule has 2 aromatic carbocycles. The highest BCUT2D eigenvalue weighted by atomic mass is 19.1. The van der Waals surface area contributed by atoms with Gasteiger partial charge in [0, 0.05) is 25.2 Å². The molecule has 0 bridgehead atoms. The van der Waals surface area contributed by atoms with Gasteiger partial charge in [0.25, 0.3) is 5.91 Å². The van der Waals surface area contributed by atoms with Gasteiger partial charge in [0.15, 0.2) is 0 Å². The second-order valence-corrected chi connectivity index (χ2v) is 8.20. The van der Waals surface area contributed by atoms with E-state index in [9.17, 15) is 9.18 Å². The summed E-state index contributed by atoms with van der Waals surface area (Å²) in [7, 11) is 0. The number of para-hydroxylation sites is 1. The van der Waals surface area contributed by atoms with E-state index in [1.165, 1.54) is 12.3 Å². The van der Waals surface area contributed by atoms with Gasteiger partial charge in [-0.3, -0.25) is 4.79 Å². The van der Waals surface area contributed by atoms with Crippen molar-refractivity contribution in [1.82, 2.24) is 9.88 Å². The van der Waals surface area contributed by atoms with Gasteiger partial charge in [-0.2, -0.15) is 5.26 Å². The zero-order valence-electron chi connectivity index (χ0n) is 18.7. The molecule has 0 spiro atoms. The molecule has 0 saturated carbocycles. The van der Waals surface area contributed by atoms with Crippen LogP contribution in [0.3, 0.4) is 0 Å². The van der Waals surface area contributed by atoms with Crippen LogP contribution in [0.4, 0.5) is 10.2 Å². The van der Waals surface area contributed by atoms with Gasteiger partial charge in [0.2, 0.25) is 0 Å². The van der Waals surface area contributed by atoms with Gasteiger partial charge in [-0.05, 0) is 54.7 Å². The normalized spacial score (nSPS) is 13.7. The third kappa shape index (κ3) is 5.59. The van der Waals surface area contributed by atoms with Gasteiger partial charge < -0.3 is 15.0 Å². The average molecular weight is 457 g/mol. The predicted octanol–water partition coefficient (Wildman–Crippen LogP) is 5.41. The molecule has 3 aromatic rings. The number of benzene rings is 2. The standard InChI is InChI=1S/C27H25FN4O2/c1-19(16-29)27(33)32-13-11-20(12-14-32)17-30-26-25(15-22(28)18-31-26)21-7-9-24(10-8-21)34-23-5-3-2-4-6-23/h2-10,15,18,20H,1,11-14,17H2,(H,30,31). The number of amides is 1. The molecule has 1 aliphatic rings. The third-order valence-corrected chi connectivity index (χ3v) is 5.85. The van der Waals surface area contributed by atoms with Gasteiger partial charge in [0.1, 0.15) is 34.8 Å². The van der Waals surface area contributed by atoms with Gasteiger partial charge in [-0.25, -0.2) is 9.37 Å². The van der Waals surface area contributed by atoms with E-state index in [1.54, 1.807) is 4.90 Å². The molecule has 1 aliphatic heterocycles. The van der Waals surface area contributed by atoms with Crippen LogP contribution in [0, 0.1) is 23.1 Å². The van der Waals surface area contributed by atoms with E-state index in [2.05, 4.69) is 16.9 Å². The van der Waals surface area contributed by atoms with Crippen molar-refractivity contribution in [3.63, 3.8) is 0 Å². The summed E-state index contributed by atoms with van der Waals surface area (Å²) >= 11 is 0. The summed E-state index contributed by atoms with van der Waals surface area (Å²) in [6.07, 6.45) is 2.81. The second kappa shape index (κ2) is 10.6. The number of ether oxygens (including phenoxy) is 1. The third-order valence-electron chi connectivity index (χ3n) is 5.85. The van der Waals surface area contributed by atoms with E-state index < -0.39 is 5.82 Å². The number of nitrogens with zero attached hydrogens (tertiary/aromatic N) is 3. The lowest BCUT2D eigenvalue weighted by Crippen LogP contribution is -2.40. The smallest absolute Gasteiger partial charge is 0.263 e. The number of halogens is 1. The van der Waals surface area contributed by atoms with Crippen LogP contribution in [-0.4, -0.2) is 35.4 Å². The highest BCUT2D eigenvalue weighted by Crippen LogP contribution is 2.30. The Bertz CT molecular complexity index is 1200. The van der Waals surface area contributed by atoms with Crippen LogP contribution < -0.4 is 10.1 Å². The molecule has 172 valence electrons. The van der Waals surface area contributed by atoms with E-state index in [4.69, 9.17) is 10.00 Å². The minimum Gasteiger partial charge on any atom is -0.457 e. The summed E-state index contributed by atoms with van der Waals surface area (Å²) in [6.45, 7) is 5.32. The summed E-state index contributed by atoms with van der Waals surface area (Å²) in [6, 6.07) is 20.2. The Labute approximate surface area is 198 Å². The number of aromatic nitrogens is 1. The fourth-order valence-corrected chi connectivity index (χ4v) is 3.95. The first-order chi connectivity index (χ1) is 16.5. The van der Waals surface area contributed by atoms with Crippen LogP contribution in [0.25, 0.3) is 11.1 Å². The predicted molar refractivity (Wildman–Crippen MR) is 129 cm³/mol. The molecule has 34 heavy (non-hydrogen) atoms. The minimum atomic E-state index is -0.408. The molecule has 4 rings (SSSR count). The van der Waals surface area contributed by atoms with E-state index in [1.807, 2.05) is 60.7 Å². The molecule has 0 atom stereocenters. The lowest BCUT2D eigenvalue weighted by Gasteiger charge is -2.32. The van der Waals surface area contributed by atoms with Crippen molar-refractivity contribution in [2.75, 3.05) is 25.0 Å². The maximum Gasteiger partial charge on any atom is 0.263 e. The van der Waals surface area contributed by atoms with Gasteiger partial charge >= 0.3 is 0 Å². The summed E-state index contributed by atoms with van der Waals surface area (Å²) in [5.41, 5.74) is 1.46. The second-order valence-electron chi connectivity index (χ2n) is 8.20. The summed E-state index contributed by atoms with van der Waals surface area (Å²) in [5.74, 6) is 1.67. The Balaban J connectivity index is 1.40. The summed E-state index contributed by atoms with van der Waals surface area (Å²) in [4.78, 5) is 18.1. The van der Waals surface area contributed by atoms with Crippen LogP contribution in [0.15, 0.2) is 79.0 Å². The molecule has 7 heteroatoms. The number of carbonyl (C=O) groups is 1. The molecule has 0 unspecified atom stereocenters. The van der Waals surface area contributed by atoms with Crippen molar-refractivity contribution in [2.24, 2.45) is 5.92 Å². The Hall–Kier alpha value is -4.18. The molecule has 1 fully saturated rings. The van der Waals surface area contributed by atoms with Gasteiger partial charge in [-0.1, -0.05) is 36.9 Å². The molecule has 2 heterocycles. The maximum absolute atomic E-state index is 14.0. The fourth-order valence-electron chi connectivity index (χ4n) is 3.95. The van der Waals surface area contributed by atoms with Gasteiger partial charge in [0.05, 0.1) is 6.20 Å². The number of hydrogen-bond acceptors (Lipinski definition) is 5. The largest absolute Gasteiger partial charge is 0.457 e. The van der Waals surface area contributed by atoms with Crippen LogP contribution in [0.2, 0.25) is 0 Å². The molecule has 1 amide bonds. The first-order valence-electron chi connectivity index (χ1n) is 11.1. The van der Waals surface area contributed by atoms with Crippen molar-refractivity contribution in [1.29, 1.82) is 5.26 Å². The molecular formula is C27H25FN4O2. The van der Waals surface area contributed by atoms with Crippen molar-refractivity contribution < 1.29 is 13.9 Å². The number of rotatable bonds is 7. The van der Waals surface area contributed by atoms with Crippen LogP contribution in [0.5, 0.6) is 11.5 Å². The zero-order chi connectivity index (χ0) is 23.9. The SMILES string of the molecule is C=C(C#N)C(=O)N1CCC(CNc2ncc(F)cc2-c2ccc(Oc3ccccc3)cc2)CC1. The van der Waals surface area contributed by atoms with Crippen molar-refractivity contribution in [3.8, 4) is 28.7 Å². The monoisotopic (exact) mass is 456 g/mol. The Morgan fingerprint density at radius 3 is 2.50 bits per heavy atom. The minimum absolute atomic E-state index is 0.0306. The quantitative estimate of drug-likeness (QED) is 0.380. The number of carbonyl (C=O) groups excluding carboxylic acids is 1. The number of pyridine rings is 1. The van der Waals surface area contributed by atoms with Crippen molar-refractivity contribution >= 4 is 11.7 Å². The highest BCUT2D eigenvalue weighted by Gasteiger charge is 2.24. The molecule has 0 aliphatic carbocycles. The van der Waals surface area contributed by atoms with E-state index in [0.717, 1.165) is 24.2 Å². The van der Waals surface area contributed by atoms with Gasteiger partial charge in [-0.15, -0.1) is 0 Å². The lowest BCUT2D eigenvalue weighted by atomic mass is 9.96. The molecule has 0 radical (unpaired) electrons. The summed E-state index contributed by atoms with van der Waals surface area (Å²) < 4.78 is 19.9. The number of likely N-dealkylation sites (tertiary alicyclic amines) is 1. The lowest BCUT2D eigenvalue weighted by molar-refractivity contribution is -0.127. The number of nitriles is 1. The molecule has 1 saturated heterocycles. The maximum atomic E-state index is 14.0. The van der Waals surface area contributed by atoms with E-state index in [-0.39, 0.29) is 11.5 Å². The molecular weight excluding hydrogens is 431 g/mol. The van der Waals surface area contributed by atoms with Crippen molar-refractivity contribution in [3.05, 3.63) is 84.8 Å². The first kappa shape index (κ1) is 23.0. The Kier molecular flexibility index (Phi) is 7.19. The molecule has 1 N–H and O–H groups in total. The van der Waals surface area contributed by atoms with E-state index in [0.29, 0.717) is 42.7 Å². The average Bonchev–Trinajstić information content (AvgIpc) is 2.88. The molecule has 1 aromatic heterocycles. The number of nitrogens with one attached hydrogen (secondary N) is 1. The Morgan fingerprint density at radius 1 is 1.15 bits per heavy atom.